The Morgan fingerprint density at radius 2 is 2.09 bits per heavy atom. The monoisotopic (exact) mass is 341 g/mol. The van der Waals surface area contributed by atoms with E-state index in [1.165, 1.54) is 0 Å². The second kappa shape index (κ2) is 12.2. The van der Waals surface area contributed by atoms with Crippen LogP contribution in [0, 0.1) is 0 Å². The average Bonchev–Trinajstić information content (AvgIpc) is 2.53. The minimum atomic E-state index is 0.652. The van der Waals surface area contributed by atoms with Crippen LogP contribution in [-0.2, 0) is 16.0 Å². The van der Waals surface area contributed by atoms with E-state index in [1.807, 2.05) is 25.2 Å². The van der Waals surface area contributed by atoms with E-state index < -0.39 is 0 Å². The van der Waals surface area contributed by atoms with Crippen LogP contribution < -0.4 is 5.32 Å². The number of guanidine groups is 1. The molecule has 0 amide bonds. The number of hydrogen-bond acceptors (Lipinski definition) is 3. The van der Waals surface area contributed by atoms with Crippen LogP contribution in [0.1, 0.15) is 18.4 Å². The van der Waals surface area contributed by atoms with E-state index in [-0.39, 0.29) is 0 Å². The van der Waals surface area contributed by atoms with Crippen LogP contribution in [0.25, 0.3) is 0 Å². The summed E-state index contributed by atoms with van der Waals surface area (Å²) in [5.41, 5.74) is 1.16. The molecule has 5 nitrogen and oxygen atoms in total. The third kappa shape index (κ3) is 8.79. The smallest absolute Gasteiger partial charge is 0.193 e. The molecule has 1 N–H and O–H groups in total. The molecule has 0 aromatic heterocycles. The normalized spacial score (nSPS) is 11.6. The molecule has 0 saturated carbocycles. The molecule has 23 heavy (non-hydrogen) atoms. The highest BCUT2D eigenvalue weighted by Gasteiger charge is 2.06. The highest BCUT2D eigenvalue weighted by Crippen LogP contribution is 2.12. The van der Waals surface area contributed by atoms with Crippen LogP contribution in [0.3, 0.4) is 0 Å². The second-order valence-corrected chi connectivity index (χ2v) is 5.71. The van der Waals surface area contributed by atoms with E-state index in [9.17, 15) is 0 Å². The number of nitrogens with one attached hydrogen (secondary N) is 1. The van der Waals surface area contributed by atoms with Gasteiger partial charge in [0.25, 0.3) is 0 Å². The lowest BCUT2D eigenvalue weighted by molar-refractivity contribution is 0.0689. The molecule has 0 unspecified atom stereocenters. The summed E-state index contributed by atoms with van der Waals surface area (Å²) in [6, 6.07) is 7.88. The number of aliphatic imine (C=N–C) groups is 1. The molecule has 130 valence electrons. The molecule has 0 aliphatic rings. The summed E-state index contributed by atoms with van der Waals surface area (Å²) in [7, 11) is 5.49. The molecule has 0 saturated heterocycles. The van der Waals surface area contributed by atoms with Crippen molar-refractivity contribution in [1.82, 2.24) is 10.2 Å². The van der Waals surface area contributed by atoms with Crippen molar-refractivity contribution in [3.8, 4) is 0 Å². The highest BCUT2D eigenvalue weighted by atomic mass is 35.5. The maximum absolute atomic E-state index is 6.02. The molecule has 0 aliphatic heterocycles. The second-order valence-electron chi connectivity index (χ2n) is 5.27. The quantitative estimate of drug-likeness (QED) is 0.404. The molecule has 0 heterocycles. The van der Waals surface area contributed by atoms with Crippen molar-refractivity contribution in [2.75, 3.05) is 47.6 Å². The summed E-state index contributed by atoms with van der Waals surface area (Å²) in [6.45, 7) is 3.72. The zero-order valence-corrected chi connectivity index (χ0v) is 15.1. The maximum Gasteiger partial charge on any atom is 0.193 e. The van der Waals surface area contributed by atoms with Gasteiger partial charge in [0.2, 0.25) is 0 Å². The van der Waals surface area contributed by atoms with Crippen LogP contribution in [0.5, 0.6) is 0 Å². The summed E-state index contributed by atoms with van der Waals surface area (Å²) in [4.78, 5) is 6.40. The van der Waals surface area contributed by atoms with Crippen molar-refractivity contribution in [2.24, 2.45) is 4.99 Å². The summed E-state index contributed by atoms with van der Waals surface area (Å²) >= 11 is 6.02. The molecule has 0 bridgehead atoms. The van der Waals surface area contributed by atoms with Crippen molar-refractivity contribution in [3.63, 3.8) is 0 Å². The van der Waals surface area contributed by atoms with Gasteiger partial charge in [0.05, 0.1) is 13.2 Å². The molecular weight excluding hydrogens is 314 g/mol. The van der Waals surface area contributed by atoms with Gasteiger partial charge in [0.1, 0.15) is 0 Å². The van der Waals surface area contributed by atoms with Gasteiger partial charge < -0.3 is 19.7 Å². The Kier molecular flexibility index (Phi) is 10.4. The molecular formula is C17H28ClN3O2. The number of rotatable bonds is 10. The number of benzene rings is 1. The Morgan fingerprint density at radius 3 is 2.78 bits per heavy atom. The standard InChI is InChI=1S/C17H28ClN3O2/c1-19-17(20-9-4-5-10-23-12-11-22-3)21(2)14-15-7-6-8-16(18)13-15/h6-8,13H,4-5,9-12,14H2,1-3H3,(H,19,20). The Bertz CT molecular complexity index is 469. The number of methoxy groups -OCH3 is 1. The lowest BCUT2D eigenvalue weighted by Crippen LogP contribution is -2.38. The predicted molar refractivity (Wildman–Crippen MR) is 96.2 cm³/mol. The average molecular weight is 342 g/mol. The first-order valence-corrected chi connectivity index (χ1v) is 8.28. The lowest BCUT2D eigenvalue weighted by atomic mass is 10.2. The Morgan fingerprint density at radius 1 is 1.26 bits per heavy atom. The van der Waals surface area contributed by atoms with E-state index in [0.717, 1.165) is 49.1 Å². The van der Waals surface area contributed by atoms with Crippen molar-refractivity contribution in [3.05, 3.63) is 34.9 Å². The van der Waals surface area contributed by atoms with E-state index in [0.29, 0.717) is 13.2 Å². The van der Waals surface area contributed by atoms with Gasteiger partial charge in [-0.15, -0.1) is 0 Å². The van der Waals surface area contributed by atoms with Crippen LogP contribution in [0.15, 0.2) is 29.3 Å². The van der Waals surface area contributed by atoms with E-state index in [4.69, 9.17) is 21.1 Å². The first-order chi connectivity index (χ1) is 11.2. The summed E-state index contributed by atoms with van der Waals surface area (Å²) in [6.07, 6.45) is 2.06. The number of hydrogen-bond donors (Lipinski definition) is 1. The number of ether oxygens (including phenoxy) is 2. The van der Waals surface area contributed by atoms with E-state index >= 15 is 0 Å². The first kappa shape index (κ1) is 19.7. The van der Waals surface area contributed by atoms with Crippen LogP contribution in [0.2, 0.25) is 5.02 Å². The maximum atomic E-state index is 6.02. The zero-order valence-electron chi connectivity index (χ0n) is 14.3. The fraction of sp³-hybridized carbons (Fsp3) is 0.588. The first-order valence-electron chi connectivity index (χ1n) is 7.90. The van der Waals surface area contributed by atoms with Gasteiger partial charge >= 0.3 is 0 Å². The van der Waals surface area contributed by atoms with Gasteiger partial charge in [0, 0.05) is 45.9 Å². The molecule has 0 fully saturated rings. The van der Waals surface area contributed by atoms with Crippen molar-refractivity contribution < 1.29 is 9.47 Å². The molecule has 1 aromatic carbocycles. The van der Waals surface area contributed by atoms with Gasteiger partial charge in [-0.3, -0.25) is 4.99 Å². The van der Waals surface area contributed by atoms with Gasteiger partial charge in [-0.2, -0.15) is 0 Å². The molecule has 6 heteroatoms. The summed E-state index contributed by atoms with van der Waals surface area (Å²) in [5, 5.41) is 4.13. The van der Waals surface area contributed by atoms with Crippen molar-refractivity contribution in [2.45, 2.75) is 19.4 Å². The van der Waals surface area contributed by atoms with Crippen LogP contribution in [-0.4, -0.2) is 58.4 Å². The fourth-order valence-electron chi connectivity index (χ4n) is 2.14. The number of nitrogens with zero attached hydrogens (tertiary/aromatic N) is 2. The minimum absolute atomic E-state index is 0.652. The minimum Gasteiger partial charge on any atom is -0.382 e. The Hall–Kier alpha value is -1.30. The van der Waals surface area contributed by atoms with Gasteiger partial charge in [-0.1, -0.05) is 23.7 Å². The lowest BCUT2D eigenvalue weighted by Gasteiger charge is -2.22. The largest absolute Gasteiger partial charge is 0.382 e. The van der Waals surface area contributed by atoms with E-state index in [2.05, 4.69) is 21.3 Å². The van der Waals surface area contributed by atoms with Gasteiger partial charge in [-0.05, 0) is 30.5 Å². The SMILES string of the molecule is CN=C(NCCCCOCCOC)N(C)Cc1cccc(Cl)c1. The molecule has 0 radical (unpaired) electrons. The van der Waals surface area contributed by atoms with E-state index in [1.54, 1.807) is 14.2 Å². The fourth-order valence-corrected chi connectivity index (χ4v) is 2.36. The molecule has 0 atom stereocenters. The number of halogens is 1. The highest BCUT2D eigenvalue weighted by molar-refractivity contribution is 6.30. The van der Waals surface area contributed by atoms with Gasteiger partial charge in [0.15, 0.2) is 5.96 Å². The Balaban J connectivity index is 2.23. The summed E-state index contributed by atoms with van der Waals surface area (Å²) in [5.74, 6) is 0.880. The van der Waals surface area contributed by atoms with Crippen molar-refractivity contribution >= 4 is 17.6 Å². The zero-order chi connectivity index (χ0) is 16.9. The molecule has 1 aromatic rings. The third-order valence-electron chi connectivity index (χ3n) is 3.31. The molecule has 1 rings (SSSR count). The molecule has 0 spiro atoms. The van der Waals surface area contributed by atoms with Gasteiger partial charge in [-0.25, -0.2) is 0 Å². The predicted octanol–water partition coefficient (Wildman–Crippen LogP) is 2.79. The van der Waals surface area contributed by atoms with Crippen LogP contribution in [0.4, 0.5) is 0 Å². The van der Waals surface area contributed by atoms with Crippen molar-refractivity contribution in [1.29, 1.82) is 0 Å². The number of unbranched alkanes of at least 4 members (excludes halogenated alkanes) is 1. The summed E-state index contributed by atoms with van der Waals surface area (Å²) < 4.78 is 10.4. The van der Waals surface area contributed by atoms with Crippen LogP contribution >= 0.6 is 11.6 Å². The Labute approximate surface area is 144 Å². The third-order valence-corrected chi connectivity index (χ3v) is 3.55. The molecule has 0 aliphatic carbocycles. The topological polar surface area (TPSA) is 46.1 Å².